The van der Waals surface area contributed by atoms with Crippen LogP contribution in [0.5, 0.6) is 0 Å². The molecule has 2 aliphatic heterocycles. The molecular formula is C16H22N2O3S2. The van der Waals surface area contributed by atoms with E-state index in [0.29, 0.717) is 18.7 Å². The highest BCUT2D eigenvalue weighted by molar-refractivity contribution is 7.99. The number of benzene rings is 1. The minimum atomic E-state index is -3.48. The molecular weight excluding hydrogens is 332 g/mol. The van der Waals surface area contributed by atoms with Gasteiger partial charge in [0.2, 0.25) is 10.0 Å². The van der Waals surface area contributed by atoms with Gasteiger partial charge in [-0.1, -0.05) is 6.07 Å². The topological polar surface area (TPSA) is 66.5 Å². The minimum absolute atomic E-state index is 0.180. The normalized spacial score (nSPS) is 20.5. The monoisotopic (exact) mass is 354 g/mol. The van der Waals surface area contributed by atoms with Crippen LogP contribution in [0.25, 0.3) is 0 Å². The molecule has 2 saturated heterocycles. The van der Waals surface area contributed by atoms with Gasteiger partial charge < -0.3 is 5.32 Å². The third-order valence-electron chi connectivity index (χ3n) is 4.36. The second kappa shape index (κ2) is 7.23. The average molecular weight is 354 g/mol. The Bertz CT molecular complexity index is 664. The number of carbonyl (C=O) groups excluding carboxylic acids is 1. The molecule has 2 fully saturated rings. The fourth-order valence-corrected chi connectivity index (χ4v) is 5.66. The Hall–Kier alpha value is -1.05. The van der Waals surface area contributed by atoms with Crippen LogP contribution >= 0.6 is 11.8 Å². The zero-order valence-corrected chi connectivity index (χ0v) is 14.7. The lowest BCUT2D eigenvalue weighted by Crippen LogP contribution is -2.37. The maximum atomic E-state index is 12.6. The Morgan fingerprint density at radius 3 is 2.57 bits per heavy atom. The van der Waals surface area contributed by atoms with E-state index in [-0.39, 0.29) is 16.8 Å². The van der Waals surface area contributed by atoms with Crippen molar-refractivity contribution in [3.8, 4) is 0 Å². The molecule has 0 spiro atoms. The van der Waals surface area contributed by atoms with E-state index in [4.69, 9.17) is 0 Å². The number of rotatable bonds is 4. The summed E-state index contributed by atoms with van der Waals surface area (Å²) in [5, 5.41) is 3.02. The summed E-state index contributed by atoms with van der Waals surface area (Å²) in [6.07, 6.45) is 3.75. The molecule has 0 aliphatic carbocycles. The van der Waals surface area contributed by atoms with Crippen LogP contribution in [-0.4, -0.2) is 49.3 Å². The van der Waals surface area contributed by atoms with Crippen LogP contribution in [-0.2, 0) is 10.0 Å². The van der Waals surface area contributed by atoms with Gasteiger partial charge in [0, 0.05) is 24.7 Å². The predicted octanol–water partition coefficient (Wildman–Crippen LogP) is 2.10. The molecule has 126 valence electrons. The lowest BCUT2D eigenvalue weighted by atomic mass is 10.1. The van der Waals surface area contributed by atoms with Gasteiger partial charge in [0.15, 0.2) is 0 Å². The summed E-state index contributed by atoms with van der Waals surface area (Å²) in [6.45, 7) is 1.14. The van der Waals surface area contributed by atoms with Gasteiger partial charge in [-0.2, -0.15) is 16.1 Å². The van der Waals surface area contributed by atoms with Gasteiger partial charge in [0.25, 0.3) is 5.91 Å². The Labute approximate surface area is 141 Å². The first-order valence-corrected chi connectivity index (χ1v) is 10.7. The zero-order chi connectivity index (χ0) is 16.3. The Kier molecular flexibility index (Phi) is 5.28. The predicted molar refractivity (Wildman–Crippen MR) is 92.2 cm³/mol. The molecule has 0 unspecified atom stereocenters. The summed E-state index contributed by atoms with van der Waals surface area (Å²) in [6, 6.07) is 6.59. The smallest absolute Gasteiger partial charge is 0.251 e. The SMILES string of the molecule is O=C(NC1CCSCC1)c1cccc(S(=O)(=O)N2CCCC2)c1. The van der Waals surface area contributed by atoms with E-state index in [0.717, 1.165) is 37.2 Å². The fraction of sp³-hybridized carbons (Fsp3) is 0.562. The highest BCUT2D eigenvalue weighted by atomic mass is 32.2. The largest absolute Gasteiger partial charge is 0.349 e. The molecule has 3 rings (SSSR count). The number of nitrogens with zero attached hydrogens (tertiary/aromatic N) is 1. The lowest BCUT2D eigenvalue weighted by Gasteiger charge is -2.22. The standard InChI is InChI=1S/C16H22N2O3S2/c19-16(17-14-6-10-22-11-7-14)13-4-3-5-15(12-13)23(20,21)18-8-1-2-9-18/h3-5,12,14H,1-2,6-11H2,(H,17,19). The zero-order valence-electron chi connectivity index (χ0n) is 13.0. The quantitative estimate of drug-likeness (QED) is 0.899. The highest BCUT2D eigenvalue weighted by Crippen LogP contribution is 2.22. The second-order valence-electron chi connectivity index (χ2n) is 6.00. The first-order valence-electron chi connectivity index (χ1n) is 8.06. The van der Waals surface area contributed by atoms with Gasteiger partial charge in [0.05, 0.1) is 4.90 Å². The molecule has 0 bridgehead atoms. The molecule has 5 nitrogen and oxygen atoms in total. The molecule has 1 amide bonds. The van der Waals surface area contributed by atoms with Crippen molar-refractivity contribution >= 4 is 27.7 Å². The number of thioether (sulfide) groups is 1. The van der Waals surface area contributed by atoms with Gasteiger partial charge >= 0.3 is 0 Å². The highest BCUT2D eigenvalue weighted by Gasteiger charge is 2.27. The summed E-state index contributed by atoms with van der Waals surface area (Å²) in [4.78, 5) is 12.6. The first-order chi connectivity index (χ1) is 11.1. The van der Waals surface area contributed by atoms with Crippen molar-refractivity contribution in [2.75, 3.05) is 24.6 Å². The molecule has 1 aromatic carbocycles. The van der Waals surface area contributed by atoms with Crippen molar-refractivity contribution in [1.29, 1.82) is 0 Å². The molecule has 0 aromatic heterocycles. The number of amides is 1. The van der Waals surface area contributed by atoms with Crippen LogP contribution in [0, 0.1) is 0 Å². The van der Waals surface area contributed by atoms with Crippen LogP contribution in [0.1, 0.15) is 36.0 Å². The van der Waals surface area contributed by atoms with Gasteiger partial charge in [-0.3, -0.25) is 4.79 Å². The van der Waals surface area contributed by atoms with Crippen LogP contribution in [0.3, 0.4) is 0 Å². The van der Waals surface area contributed by atoms with E-state index >= 15 is 0 Å². The van der Waals surface area contributed by atoms with E-state index in [9.17, 15) is 13.2 Å². The summed E-state index contributed by atoms with van der Waals surface area (Å²) >= 11 is 1.91. The van der Waals surface area contributed by atoms with E-state index in [1.54, 1.807) is 18.2 Å². The van der Waals surface area contributed by atoms with E-state index in [2.05, 4.69) is 5.32 Å². The molecule has 23 heavy (non-hydrogen) atoms. The van der Waals surface area contributed by atoms with Crippen molar-refractivity contribution in [1.82, 2.24) is 9.62 Å². The van der Waals surface area contributed by atoms with Crippen molar-refractivity contribution < 1.29 is 13.2 Å². The molecule has 0 atom stereocenters. The van der Waals surface area contributed by atoms with Gasteiger partial charge in [-0.15, -0.1) is 0 Å². The van der Waals surface area contributed by atoms with E-state index in [1.165, 1.54) is 10.4 Å². The summed E-state index contributed by atoms with van der Waals surface area (Å²) in [5.74, 6) is 1.95. The average Bonchev–Trinajstić information content (AvgIpc) is 3.11. The Morgan fingerprint density at radius 2 is 1.87 bits per heavy atom. The maximum absolute atomic E-state index is 12.6. The van der Waals surface area contributed by atoms with Crippen LogP contribution in [0.4, 0.5) is 0 Å². The van der Waals surface area contributed by atoms with E-state index < -0.39 is 10.0 Å². The first kappa shape index (κ1) is 16.8. The number of nitrogens with one attached hydrogen (secondary N) is 1. The summed E-state index contributed by atoms with van der Waals surface area (Å²) < 4.78 is 26.7. The van der Waals surface area contributed by atoms with Crippen molar-refractivity contribution in [3.05, 3.63) is 29.8 Å². The van der Waals surface area contributed by atoms with Crippen LogP contribution in [0.2, 0.25) is 0 Å². The fourth-order valence-electron chi connectivity index (χ4n) is 2.99. The molecule has 1 aromatic rings. The number of sulfonamides is 1. The summed E-state index contributed by atoms with van der Waals surface area (Å²) in [7, 11) is -3.48. The molecule has 2 heterocycles. The van der Waals surface area contributed by atoms with Crippen molar-refractivity contribution in [2.45, 2.75) is 36.6 Å². The van der Waals surface area contributed by atoms with Crippen LogP contribution < -0.4 is 5.32 Å². The molecule has 7 heteroatoms. The molecule has 0 saturated carbocycles. The van der Waals surface area contributed by atoms with Gasteiger partial charge in [-0.05, 0) is 55.4 Å². The molecule has 0 radical (unpaired) electrons. The Morgan fingerprint density at radius 1 is 1.17 bits per heavy atom. The number of hydrogen-bond acceptors (Lipinski definition) is 4. The third-order valence-corrected chi connectivity index (χ3v) is 7.30. The maximum Gasteiger partial charge on any atom is 0.251 e. The van der Waals surface area contributed by atoms with Gasteiger partial charge in [0.1, 0.15) is 0 Å². The van der Waals surface area contributed by atoms with Crippen LogP contribution in [0.15, 0.2) is 29.2 Å². The minimum Gasteiger partial charge on any atom is -0.349 e. The van der Waals surface area contributed by atoms with E-state index in [1.807, 2.05) is 11.8 Å². The number of hydrogen-bond donors (Lipinski definition) is 1. The number of carbonyl (C=O) groups is 1. The molecule has 2 aliphatic rings. The lowest BCUT2D eigenvalue weighted by molar-refractivity contribution is 0.0934. The summed E-state index contributed by atoms with van der Waals surface area (Å²) in [5.41, 5.74) is 0.420. The van der Waals surface area contributed by atoms with Gasteiger partial charge in [-0.25, -0.2) is 8.42 Å². The Balaban J connectivity index is 1.75. The third kappa shape index (κ3) is 3.89. The van der Waals surface area contributed by atoms with Crippen molar-refractivity contribution in [2.24, 2.45) is 0 Å². The van der Waals surface area contributed by atoms with Crippen molar-refractivity contribution in [3.63, 3.8) is 0 Å². The molecule has 1 N–H and O–H groups in total. The second-order valence-corrected chi connectivity index (χ2v) is 9.16.